The first kappa shape index (κ1) is 24.5. The third-order valence-corrected chi connectivity index (χ3v) is 7.40. The fraction of sp³-hybridized carbons (Fsp3) is 0.296. The number of rotatable bonds is 4. The number of imidazole rings is 1. The molecule has 1 unspecified atom stereocenters. The quantitative estimate of drug-likeness (QED) is 0.339. The highest BCUT2D eigenvalue weighted by Gasteiger charge is 2.39. The van der Waals surface area contributed by atoms with Crippen molar-refractivity contribution in [1.82, 2.24) is 14.0 Å². The fourth-order valence-electron chi connectivity index (χ4n) is 5.23. The van der Waals surface area contributed by atoms with Crippen molar-refractivity contribution >= 4 is 34.8 Å². The lowest BCUT2D eigenvalue weighted by atomic mass is 9.80. The lowest BCUT2D eigenvalue weighted by Gasteiger charge is -2.41. The van der Waals surface area contributed by atoms with E-state index in [0.717, 1.165) is 47.8 Å². The van der Waals surface area contributed by atoms with Gasteiger partial charge in [0.25, 0.3) is 0 Å². The highest BCUT2D eigenvalue weighted by Crippen LogP contribution is 2.37. The van der Waals surface area contributed by atoms with E-state index in [4.69, 9.17) is 11.6 Å². The summed E-state index contributed by atoms with van der Waals surface area (Å²) in [6, 6.07) is 18.4. The maximum Gasteiger partial charge on any atom is 0.329 e. The van der Waals surface area contributed by atoms with E-state index in [1.54, 1.807) is 4.57 Å². The summed E-state index contributed by atoms with van der Waals surface area (Å²) in [5, 5.41) is 2.79. The molecule has 0 amide bonds. The molecule has 178 valence electrons. The van der Waals surface area contributed by atoms with Gasteiger partial charge in [-0.1, -0.05) is 48.0 Å². The second-order valence-electron chi connectivity index (χ2n) is 9.09. The Balaban J connectivity index is 0.00000274. The third-order valence-electron chi connectivity index (χ3n) is 7.19. The molecule has 1 atom stereocenters. The van der Waals surface area contributed by atoms with E-state index in [-0.39, 0.29) is 30.0 Å². The van der Waals surface area contributed by atoms with E-state index >= 15 is 0 Å². The van der Waals surface area contributed by atoms with Gasteiger partial charge in [-0.2, -0.15) is 0 Å². The normalized spacial score (nSPS) is 16.8. The number of fused-ring (bicyclic) bond motifs is 1. The molecule has 1 saturated heterocycles. The smallest absolute Gasteiger partial charge is 0.306 e. The summed E-state index contributed by atoms with van der Waals surface area (Å²) < 4.78 is 17.3. The molecule has 4 aromatic rings. The maximum atomic E-state index is 13.8. The number of nitrogens with zero attached hydrogens (tertiary/aromatic N) is 3. The maximum absolute atomic E-state index is 13.8. The molecule has 0 saturated carbocycles. The first-order valence-corrected chi connectivity index (χ1v) is 11.7. The van der Waals surface area contributed by atoms with Crippen LogP contribution in [0.1, 0.15) is 36.9 Å². The topological polar surface area (TPSA) is 30.2 Å². The predicted molar refractivity (Wildman–Crippen MR) is 139 cm³/mol. The standard InChI is InChI=1S/C27H27ClFN3O.ClH/c1-19(25-18-22(28)17-20-5-3-4-6-24(20)25)31-15-16-32(26(31)33)27(11-13-30(2)14-12-27)21-7-9-23(29)10-8-21;/h3-10,15-19H,11-14H2,1-2H3;1H. The number of benzene rings is 3. The minimum absolute atomic E-state index is 0. The van der Waals surface area contributed by atoms with Crippen molar-refractivity contribution in [2.75, 3.05) is 20.1 Å². The zero-order valence-corrected chi connectivity index (χ0v) is 20.8. The minimum atomic E-state index is -0.501. The highest BCUT2D eigenvalue weighted by atomic mass is 35.5. The molecule has 2 heterocycles. The molecule has 0 radical (unpaired) electrons. The van der Waals surface area contributed by atoms with Crippen molar-refractivity contribution in [3.63, 3.8) is 0 Å². The molecule has 0 spiro atoms. The number of hydrogen-bond donors (Lipinski definition) is 0. The number of halogens is 3. The minimum Gasteiger partial charge on any atom is -0.306 e. The molecule has 1 aliphatic heterocycles. The SMILES string of the molecule is CC(c1cc(Cl)cc2ccccc12)n1ccn(C2(c3ccc(F)cc3)CCN(C)CC2)c1=O.Cl. The molecule has 1 aromatic heterocycles. The average Bonchev–Trinajstić information content (AvgIpc) is 3.21. The van der Waals surface area contributed by atoms with Gasteiger partial charge >= 0.3 is 5.69 Å². The van der Waals surface area contributed by atoms with Crippen LogP contribution in [0.5, 0.6) is 0 Å². The Kier molecular flexibility index (Phi) is 6.90. The lowest BCUT2D eigenvalue weighted by Crippen LogP contribution is -2.49. The summed E-state index contributed by atoms with van der Waals surface area (Å²) in [6.07, 6.45) is 5.33. The first-order valence-electron chi connectivity index (χ1n) is 11.3. The summed E-state index contributed by atoms with van der Waals surface area (Å²) in [5.41, 5.74) is 1.41. The van der Waals surface area contributed by atoms with Crippen molar-refractivity contribution in [2.24, 2.45) is 0 Å². The van der Waals surface area contributed by atoms with Crippen LogP contribution in [0.15, 0.2) is 77.9 Å². The Morgan fingerprint density at radius 3 is 2.38 bits per heavy atom. The molecular formula is C27H28Cl2FN3O. The predicted octanol–water partition coefficient (Wildman–Crippen LogP) is 6.10. The zero-order chi connectivity index (χ0) is 23.2. The molecule has 1 fully saturated rings. The van der Waals surface area contributed by atoms with E-state index in [1.165, 1.54) is 12.1 Å². The van der Waals surface area contributed by atoms with Crippen LogP contribution in [0.3, 0.4) is 0 Å². The molecule has 0 aliphatic carbocycles. The van der Waals surface area contributed by atoms with Crippen LogP contribution >= 0.6 is 24.0 Å². The van der Waals surface area contributed by atoms with Crippen LogP contribution in [-0.2, 0) is 5.54 Å². The molecule has 7 heteroatoms. The number of hydrogen-bond acceptors (Lipinski definition) is 2. The second-order valence-corrected chi connectivity index (χ2v) is 9.53. The summed E-state index contributed by atoms with van der Waals surface area (Å²) in [5.74, 6) is -0.270. The van der Waals surface area contributed by atoms with E-state index < -0.39 is 5.54 Å². The fourth-order valence-corrected chi connectivity index (χ4v) is 5.46. The first-order chi connectivity index (χ1) is 15.9. The lowest BCUT2D eigenvalue weighted by molar-refractivity contribution is 0.158. The molecule has 34 heavy (non-hydrogen) atoms. The van der Waals surface area contributed by atoms with Crippen LogP contribution in [-0.4, -0.2) is 34.2 Å². The Bertz CT molecular complexity index is 1350. The van der Waals surface area contributed by atoms with Gasteiger partial charge in [-0.3, -0.25) is 9.13 Å². The molecule has 0 bridgehead atoms. The van der Waals surface area contributed by atoms with E-state index in [0.29, 0.717) is 5.02 Å². The number of aromatic nitrogens is 2. The van der Waals surface area contributed by atoms with Gasteiger partial charge in [-0.15, -0.1) is 12.4 Å². The highest BCUT2D eigenvalue weighted by molar-refractivity contribution is 6.31. The summed E-state index contributed by atoms with van der Waals surface area (Å²) in [7, 11) is 2.09. The Labute approximate surface area is 210 Å². The second kappa shape index (κ2) is 9.57. The number of likely N-dealkylation sites (tertiary alicyclic amines) is 1. The summed E-state index contributed by atoms with van der Waals surface area (Å²) in [6.45, 7) is 3.76. The number of piperidine rings is 1. The largest absolute Gasteiger partial charge is 0.329 e. The Morgan fingerprint density at radius 1 is 1.00 bits per heavy atom. The van der Waals surface area contributed by atoms with Gasteiger partial charge in [0.05, 0.1) is 11.6 Å². The van der Waals surface area contributed by atoms with Gasteiger partial charge in [0.15, 0.2) is 0 Å². The molecule has 4 nitrogen and oxygen atoms in total. The van der Waals surface area contributed by atoms with Crippen molar-refractivity contribution in [2.45, 2.75) is 31.3 Å². The van der Waals surface area contributed by atoms with Crippen molar-refractivity contribution < 1.29 is 4.39 Å². The third kappa shape index (κ3) is 4.17. The van der Waals surface area contributed by atoms with Gasteiger partial charge in [0.2, 0.25) is 0 Å². The van der Waals surface area contributed by atoms with Crippen LogP contribution in [0.2, 0.25) is 5.02 Å². The average molecular weight is 500 g/mol. The van der Waals surface area contributed by atoms with Gasteiger partial charge < -0.3 is 4.90 Å². The molecule has 3 aromatic carbocycles. The van der Waals surface area contributed by atoms with Gasteiger partial charge in [0.1, 0.15) is 5.82 Å². The van der Waals surface area contributed by atoms with Crippen molar-refractivity contribution in [1.29, 1.82) is 0 Å². The summed E-state index contributed by atoms with van der Waals surface area (Å²) >= 11 is 6.42. The van der Waals surface area contributed by atoms with Crippen LogP contribution in [0.25, 0.3) is 10.8 Å². The van der Waals surface area contributed by atoms with Crippen molar-refractivity contribution in [3.8, 4) is 0 Å². The Morgan fingerprint density at radius 2 is 1.68 bits per heavy atom. The van der Waals surface area contributed by atoms with Gasteiger partial charge in [-0.25, -0.2) is 9.18 Å². The van der Waals surface area contributed by atoms with E-state index in [1.807, 2.05) is 66.3 Å². The molecular weight excluding hydrogens is 472 g/mol. The van der Waals surface area contributed by atoms with E-state index in [9.17, 15) is 9.18 Å². The molecule has 0 N–H and O–H groups in total. The monoisotopic (exact) mass is 499 g/mol. The van der Waals surface area contributed by atoms with Crippen LogP contribution < -0.4 is 5.69 Å². The van der Waals surface area contributed by atoms with Gasteiger partial charge in [-0.05, 0) is 73.0 Å². The molecule has 1 aliphatic rings. The van der Waals surface area contributed by atoms with E-state index in [2.05, 4.69) is 18.0 Å². The van der Waals surface area contributed by atoms with Crippen LogP contribution in [0.4, 0.5) is 4.39 Å². The summed E-state index contributed by atoms with van der Waals surface area (Å²) in [4.78, 5) is 16.1. The van der Waals surface area contributed by atoms with Crippen LogP contribution in [0, 0.1) is 5.82 Å². The zero-order valence-electron chi connectivity index (χ0n) is 19.2. The Hall–Kier alpha value is -2.60. The molecule has 5 rings (SSSR count). The van der Waals surface area contributed by atoms with Crippen molar-refractivity contribution in [3.05, 3.63) is 106 Å². The van der Waals surface area contributed by atoms with Gasteiger partial charge in [0, 0.05) is 30.5 Å².